The fraction of sp³-hybridized carbons (Fsp3) is 0.611. The fourth-order valence-corrected chi connectivity index (χ4v) is 4.55. The van der Waals surface area contributed by atoms with Crippen LogP contribution in [0.5, 0.6) is 0 Å². The Morgan fingerprint density at radius 1 is 1.17 bits per heavy atom. The van der Waals surface area contributed by atoms with Crippen LogP contribution in [-0.4, -0.2) is 49.7 Å². The third kappa shape index (κ3) is 5.31. The molecule has 1 heterocycles. The molecule has 1 amide bonds. The van der Waals surface area contributed by atoms with Crippen LogP contribution in [0, 0.1) is 12.8 Å². The summed E-state index contributed by atoms with van der Waals surface area (Å²) in [6.45, 7) is 8.00. The minimum atomic E-state index is -3.35. The van der Waals surface area contributed by atoms with Gasteiger partial charge in [0.05, 0.1) is 5.75 Å². The molecule has 0 unspecified atom stereocenters. The molecule has 0 spiro atoms. The second-order valence-corrected chi connectivity index (χ2v) is 8.95. The van der Waals surface area contributed by atoms with Gasteiger partial charge in [-0.25, -0.2) is 8.42 Å². The molecule has 0 aliphatic carbocycles. The van der Waals surface area contributed by atoms with Crippen LogP contribution in [0.25, 0.3) is 0 Å². The van der Waals surface area contributed by atoms with Gasteiger partial charge < -0.3 is 4.90 Å². The number of carbonyl (C=O) groups excluding carboxylic acids is 1. The van der Waals surface area contributed by atoms with Crippen LogP contribution in [-0.2, 0) is 20.6 Å². The zero-order chi connectivity index (χ0) is 17.7. The second kappa shape index (κ2) is 8.12. The van der Waals surface area contributed by atoms with Crippen molar-refractivity contribution in [2.45, 2.75) is 39.4 Å². The molecule has 24 heavy (non-hydrogen) atoms. The highest BCUT2D eigenvalue weighted by atomic mass is 32.2. The third-order valence-corrected chi connectivity index (χ3v) is 6.07. The van der Waals surface area contributed by atoms with Crippen LogP contribution in [0.15, 0.2) is 24.3 Å². The van der Waals surface area contributed by atoms with Crippen molar-refractivity contribution in [2.24, 2.45) is 5.92 Å². The van der Waals surface area contributed by atoms with Gasteiger partial charge in [-0.1, -0.05) is 43.7 Å². The molecule has 0 bridgehead atoms. The molecule has 0 radical (unpaired) electrons. The van der Waals surface area contributed by atoms with Crippen molar-refractivity contribution in [3.05, 3.63) is 35.4 Å². The fourth-order valence-electron chi connectivity index (χ4n) is 3.00. The predicted octanol–water partition coefficient (Wildman–Crippen LogP) is 2.41. The first-order chi connectivity index (χ1) is 11.3. The molecule has 6 heteroatoms. The molecular formula is C18H28N2O3S. The van der Waals surface area contributed by atoms with E-state index in [1.54, 1.807) is 0 Å². The number of amides is 1. The van der Waals surface area contributed by atoms with Crippen molar-refractivity contribution < 1.29 is 13.2 Å². The van der Waals surface area contributed by atoms with Crippen molar-refractivity contribution in [1.82, 2.24) is 9.21 Å². The van der Waals surface area contributed by atoms with Gasteiger partial charge in [0.25, 0.3) is 0 Å². The molecule has 1 aromatic carbocycles. The van der Waals surface area contributed by atoms with E-state index in [0.29, 0.717) is 44.9 Å². The Hall–Kier alpha value is -1.40. The molecule has 1 aromatic rings. The van der Waals surface area contributed by atoms with Crippen molar-refractivity contribution in [3.8, 4) is 0 Å². The van der Waals surface area contributed by atoms with Gasteiger partial charge in [-0.2, -0.15) is 4.31 Å². The van der Waals surface area contributed by atoms with Crippen LogP contribution in [0.4, 0.5) is 0 Å². The van der Waals surface area contributed by atoms with Gasteiger partial charge in [0.15, 0.2) is 0 Å². The molecular weight excluding hydrogens is 324 g/mol. The molecule has 1 aliphatic rings. The van der Waals surface area contributed by atoms with Gasteiger partial charge in [-0.3, -0.25) is 4.79 Å². The lowest BCUT2D eigenvalue weighted by Crippen LogP contribution is -2.38. The lowest BCUT2D eigenvalue weighted by Gasteiger charge is -2.22. The Balaban J connectivity index is 2.00. The van der Waals surface area contributed by atoms with Gasteiger partial charge in [0.1, 0.15) is 0 Å². The molecule has 5 nitrogen and oxygen atoms in total. The number of hydrogen-bond acceptors (Lipinski definition) is 3. The number of nitrogens with zero attached hydrogens (tertiary/aromatic N) is 2. The summed E-state index contributed by atoms with van der Waals surface area (Å²) in [6, 6.07) is 7.60. The molecule has 134 valence electrons. The maximum atomic E-state index is 12.7. The van der Waals surface area contributed by atoms with Crippen molar-refractivity contribution in [1.29, 1.82) is 0 Å². The molecule has 1 aliphatic heterocycles. The Bertz CT molecular complexity index is 671. The third-order valence-electron chi connectivity index (χ3n) is 4.22. The summed E-state index contributed by atoms with van der Waals surface area (Å²) < 4.78 is 26.9. The SMILES string of the molecule is Cc1cccc(CS(=O)(=O)N2CCCN(C(=O)CC(C)C)CC2)c1. The first kappa shape index (κ1) is 18.9. The van der Waals surface area contributed by atoms with E-state index in [2.05, 4.69) is 0 Å². The van der Waals surface area contributed by atoms with Gasteiger partial charge in [-0.05, 0) is 24.8 Å². The molecule has 0 saturated carbocycles. The van der Waals surface area contributed by atoms with Crippen molar-refractivity contribution in [3.63, 3.8) is 0 Å². The number of aryl methyl sites for hydroxylation is 1. The Morgan fingerprint density at radius 3 is 2.58 bits per heavy atom. The summed E-state index contributed by atoms with van der Waals surface area (Å²) in [6.07, 6.45) is 1.22. The number of hydrogen-bond donors (Lipinski definition) is 0. The molecule has 1 fully saturated rings. The number of carbonyl (C=O) groups is 1. The molecule has 2 rings (SSSR count). The van der Waals surface area contributed by atoms with E-state index in [-0.39, 0.29) is 11.7 Å². The summed E-state index contributed by atoms with van der Waals surface area (Å²) in [5.74, 6) is 0.471. The first-order valence-electron chi connectivity index (χ1n) is 8.59. The average molecular weight is 353 g/mol. The number of benzene rings is 1. The summed E-state index contributed by atoms with van der Waals surface area (Å²) in [4.78, 5) is 14.0. The van der Waals surface area contributed by atoms with Gasteiger partial charge >= 0.3 is 0 Å². The lowest BCUT2D eigenvalue weighted by molar-refractivity contribution is -0.131. The summed E-state index contributed by atoms with van der Waals surface area (Å²) in [7, 11) is -3.35. The van der Waals surface area contributed by atoms with Crippen molar-refractivity contribution >= 4 is 15.9 Å². The monoisotopic (exact) mass is 352 g/mol. The number of sulfonamides is 1. The topological polar surface area (TPSA) is 57.7 Å². The zero-order valence-electron chi connectivity index (χ0n) is 14.9. The van der Waals surface area contributed by atoms with E-state index in [0.717, 1.165) is 11.1 Å². The minimum Gasteiger partial charge on any atom is -0.341 e. The van der Waals surface area contributed by atoms with Gasteiger partial charge in [-0.15, -0.1) is 0 Å². The lowest BCUT2D eigenvalue weighted by atomic mass is 10.1. The maximum absolute atomic E-state index is 12.7. The summed E-state index contributed by atoms with van der Waals surface area (Å²) >= 11 is 0. The maximum Gasteiger partial charge on any atom is 0.222 e. The molecule has 1 saturated heterocycles. The average Bonchev–Trinajstić information content (AvgIpc) is 2.72. The largest absolute Gasteiger partial charge is 0.341 e. The summed E-state index contributed by atoms with van der Waals surface area (Å²) in [5, 5.41) is 0. The minimum absolute atomic E-state index is 0.0224. The van der Waals surface area contributed by atoms with Crippen LogP contribution in [0.1, 0.15) is 37.8 Å². The van der Waals surface area contributed by atoms with Gasteiger partial charge in [0.2, 0.25) is 15.9 Å². The highest BCUT2D eigenvalue weighted by Gasteiger charge is 2.27. The predicted molar refractivity (Wildman–Crippen MR) is 96.0 cm³/mol. The van der Waals surface area contributed by atoms with E-state index in [1.165, 1.54) is 4.31 Å². The Kier molecular flexibility index (Phi) is 6.40. The van der Waals surface area contributed by atoms with Crippen LogP contribution >= 0.6 is 0 Å². The highest BCUT2D eigenvalue weighted by molar-refractivity contribution is 7.88. The number of rotatable bonds is 5. The normalized spacial score (nSPS) is 17.1. The van der Waals surface area contributed by atoms with Gasteiger partial charge in [0, 0.05) is 32.6 Å². The Morgan fingerprint density at radius 2 is 1.92 bits per heavy atom. The van der Waals surface area contributed by atoms with Crippen LogP contribution in [0.2, 0.25) is 0 Å². The first-order valence-corrected chi connectivity index (χ1v) is 10.2. The second-order valence-electron chi connectivity index (χ2n) is 6.98. The van der Waals surface area contributed by atoms with E-state index in [9.17, 15) is 13.2 Å². The van der Waals surface area contributed by atoms with E-state index < -0.39 is 10.0 Å². The van der Waals surface area contributed by atoms with E-state index in [1.807, 2.05) is 49.9 Å². The van der Waals surface area contributed by atoms with Crippen LogP contribution in [0.3, 0.4) is 0 Å². The molecule has 0 aromatic heterocycles. The highest BCUT2D eigenvalue weighted by Crippen LogP contribution is 2.16. The molecule has 0 N–H and O–H groups in total. The summed E-state index contributed by atoms with van der Waals surface area (Å²) in [5.41, 5.74) is 1.87. The standard InChI is InChI=1S/C18H28N2O3S/c1-15(2)12-18(21)19-8-5-9-20(11-10-19)24(22,23)14-17-7-4-6-16(3)13-17/h4,6-7,13,15H,5,8-12,14H2,1-3H3. The quantitative estimate of drug-likeness (QED) is 0.818. The van der Waals surface area contributed by atoms with Crippen LogP contribution < -0.4 is 0 Å². The smallest absolute Gasteiger partial charge is 0.222 e. The van der Waals surface area contributed by atoms with E-state index in [4.69, 9.17) is 0 Å². The molecule has 0 atom stereocenters. The van der Waals surface area contributed by atoms with Crippen molar-refractivity contribution in [2.75, 3.05) is 26.2 Å². The Labute approximate surface area is 145 Å². The zero-order valence-corrected chi connectivity index (χ0v) is 15.7. The van der Waals surface area contributed by atoms with E-state index >= 15 is 0 Å².